The Balaban J connectivity index is -0.0000000200. The van der Waals surface area contributed by atoms with Gasteiger partial charge in [-0.3, -0.25) is 4.91 Å². The Bertz CT molecular complexity index is 27.9. The number of nitrogens with zero attached hydrogens (tertiary/aromatic N) is 3. The van der Waals surface area contributed by atoms with E-state index in [0.29, 0.717) is 0 Å². The molecule has 0 amide bonds. The molecule has 5 heteroatoms. The first kappa shape index (κ1) is 17.1. The molecule has 0 fully saturated rings. The molecule has 0 heterocycles. The number of hydrogen-bond donors (Lipinski definition) is 0. The number of hydrogen-bond acceptors (Lipinski definition) is 0. The molecule has 26 valence electrons. The second kappa shape index (κ2) is 21.5. The molecule has 0 atom stereocenters. The summed E-state index contributed by atoms with van der Waals surface area (Å²) in [4.78, 5) is 1.50. The fourth-order valence-electron chi connectivity index (χ4n) is 0. The van der Waals surface area contributed by atoms with Crippen molar-refractivity contribution >= 4 is 46.5 Å². The number of rotatable bonds is 0. The van der Waals surface area contributed by atoms with Crippen LogP contribution in [-0.2, 0) is 0 Å². The fourth-order valence-corrected chi connectivity index (χ4v) is 0. The van der Waals surface area contributed by atoms with Crippen molar-refractivity contribution in [3.63, 3.8) is 0 Å². The van der Waals surface area contributed by atoms with Gasteiger partial charge in [-0.1, -0.05) is 0 Å². The van der Waals surface area contributed by atoms with E-state index >= 15 is 0 Å². The Hall–Kier alpha value is 0.790. The molecule has 0 unspecified atom stereocenters. The minimum atomic E-state index is 0. The first-order chi connectivity index (χ1) is 1.41. The summed E-state index contributed by atoms with van der Waals surface area (Å²) >= 11 is 0. The van der Waals surface area contributed by atoms with Crippen molar-refractivity contribution in [1.82, 2.24) is 0 Å². The normalized spacial score (nSPS) is 1.60. The van der Waals surface area contributed by atoms with Gasteiger partial charge >= 0.3 is 29.6 Å². The summed E-state index contributed by atoms with van der Waals surface area (Å²) in [5, 5.41) is 0. The van der Waals surface area contributed by atoms with E-state index in [1.165, 1.54) is 4.91 Å². The third-order valence-corrected chi connectivity index (χ3v) is 0. The van der Waals surface area contributed by atoms with E-state index in [0.717, 1.165) is 0 Å². The van der Waals surface area contributed by atoms with Gasteiger partial charge in [0.25, 0.3) is 0 Å². The van der Waals surface area contributed by atoms with Crippen LogP contribution in [0.4, 0.5) is 0 Å². The summed E-state index contributed by atoms with van der Waals surface area (Å²) in [7, 11) is 0. The van der Waals surface area contributed by atoms with Crippen LogP contribution >= 0.6 is 17.0 Å². The minimum absolute atomic E-state index is 0. The monoisotopic (exact) mass is 146 g/mol. The maximum absolute atomic E-state index is 6.75. The van der Waals surface area contributed by atoms with Gasteiger partial charge in [0, 0.05) is 0 Å². The van der Waals surface area contributed by atoms with Crippen LogP contribution in [0.1, 0.15) is 0 Å². The molecular weight excluding hydrogens is 145 g/mol. The standard InChI is InChI=1S/BrH.N3.Na.H/c;1-3-2;;/h1H;;;/q;-1;;. The molecule has 0 aromatic rings. The van der Waals surface area contributed by atoms with Crippen LogP contribution in [0.2, 0.25) is 0 Å². The van der Waals surface area contributed by atoms with Gasteiger partial charge in [-0.15, -0.1) is 17.0 Å². The van der Waals surface area contributed by atoms with E-state index < -0.39 is 0 Å². The molecule has 3 nitrogen and oxygen atoms in total. The molecule has 0 radical (unpaired) electrons. The van der Waals surface area contributed by atoms with Crippen LogP contribution in [-0.4, -0.2) is 29.6 Å². The SMILES string of the molecule is Br.[N-]=[N+]=[N-].[NaH]. The van der Waals surface area contributed by atoms with Crippen molar-refractivity contribution in [2.24, 2.45) is 0 Å². The van der Waals surface area contributed by atoms with Crippen LogP contribution in [0, 0.1) is 0 Å². The van der Waals surface area contributed by atoms with Crippen molar-refractivity contribution in [2.45, 2.75) is 0 Å². The summed E-state index contributed by atoms with van der Waals surface area (Å²) in [6.07, 6.45) is 0. The second-order valence-corrected chi connectivity index (χ2v) is 0.0894. The average Bonchev–Trinajstić information content (AvgIpc) is 0.918. The average molecular weight is 147 g/mol. The third kappa shape index (κ3) is 59.7. The molecule has 0 rings (SSSR count). The maximum atomic E-state index is 6.75. The molecule has 0 saturated carbocycles. The van der Waals surface area contributed by atoms with Crippen LogP contribution in [0.15, 0.2) is 0 Å². The molecule has 0 aliphatic rings. The zero-order chi connectivity index (χ0) is 2.71. The molecule has 0 N–H and O–H groups in total. The van der Waals surface area contributed by atoms with Crippen LogP contribution in [0.25, 0.3) is 16.0 Å². The summed E-state index contributed by atoms with van der Waals surface area (Å²) in [6.45, 7) is 0. The predicted octanol–water partition coefficient (Wildman–Crippen LogP) is 0.795. The van der Waals surface area contributed by atoms with E-state index in [2.05, 4.69) is 0 Å². The fraction of sp³-hybridized carbons (Fsp3) is 0. The van der Waals surface area contributed by atoms with Crippen molar-refractivity contribution in [3.8, 4) is 0 Å². The first-order valence-electron chi connectivity index (χ1n) is 0.400. The van der Waals surface area contributed by atoms with E-state index in [1.807, 2.05) is 0 Å². The Morgan fingerprint density at radius 2 is 1.20 bits per heavy atom. The Kier molecular flexibility index (Phi) is 73.3. The van der Waals surface area contributed by atoms with Gasteiger partial charge < -0.3 is 11.1 Å². The molecule has 0 aromatic carbocycles. The van der Waals surface area contributed by atoms with Crippen LogP contribution in [0.3, 0.4) is 0 Å². The Morgan fingerprint density at radius 1 is 1.20 bits per heavy atom. The van der Waals surface area contributed by atoms with Crippen LogP contribution < -0.4 is 0 Å². The van der Waals surface area contributed by atoms with E-state index in [4.69, 9.17) is 11.1 Å². The Labute approximate surface area is 62.2 Å². The van der Waals surface area contributed by atoms with Gasteiger partial charge in [0.1, 0.15) is 0 Å². The molecular formula is H2BrN3Na-. The Morgan fingerprint density at radius 3 is 1.20 bits per heavy atom. The molecule has 0 bridgehead atoms. The quantitative estimate of drug-likeness (QED) is 0.210. The van der Waals surface area contributed by atoms with E-state index in [9.17, 15) is 0 Å². The predicted molar refractivity (Wildman–Crippen MR) is 27.5 cm³/mol. The van der Waals surface area contributed by atoms with Gasteiger partial charge in [0.15, 0.2) is 0 Å². The van der Waals surface area contributed by atoms with E-state index in [-0.39, 0.29) is 46.5 Å². The summed E-state index contributed by atoms with van der Waals surface area (Å²) in [5.41, 5.74) is 13.5. The zero-order valence-corrected chi connectivity index (χ0v) is 3.46. The second-order valence-electron chi connectivity index (χ2n) is 0.0894. The van der Waals surface area contributed by atoms with Crippen molar-refractivity contribution < 1.29 is 0 Å². The molecule has 0 saturated heterocycles. The van der Waals surface area contributed by atoms with Crippen molar-refractivity contribution in [2.75, 3.05) is 0 Å². The van der Waals surface area contributed by atoms with E-state index in [1.54, 1.807) is 0 Å². The van der Waals surface area contributed by atoms with Gasteiger partial charge in [-0.25, -0.2) is 0 Å². The molecule has 0 aliphatic heterocycles. The van der Waals surface area contributed by atoms with Gasteiger partial charge in [0.05, 0.1) is 0 Å². The number of halogens is 1. The molecule has 0 aliphatic carbocycles. The topological polar surface area (TPSA) is 58.7 Å². The summed E-state index contributed by atoms with van der Waals surface area (Å²) in [6, 6.07) is 0. The van der Waals surface area contributed by atoms with Gasteiger partial charge in [0.2, 0.25) is 0 Å². The summed E-state index contributed by atoms with van der Waals surface area (Å²) in [5.74, 6) is 0. The third-order valence-electron chi connectivity index (χ3n) is 0. The van der Waals surface area contributed by atoms with Crippen LogP contribution in [0.5, 0.6) is 0 Å². The summed E-state index contributed by atoms with van der Waals surface area (Å²) < 4.78 is 0. The van der Waals surface area contributed by atoms with Gasteiger partial charge in [-0.05, 0) is 0 Å². The van der Waals surface area contributed by atoms with Crippen molar-refractivity contribution in [1.29, 1.82) is 0 Å². The molecule has 5 heavy (non-hydrogen) atoms. The van der Waals surface area contributed by atoms with Crippen molar-refractivity contribution in [3.05, 3.63) is 16.0 Å². The molecule has 0 spiro atoms. The molecule has 0 aromatic heterocycles. The van der Waals surface area contributed by atoms with Gasteiger partial charge in [-0.2, -0.15) is 0 Å². The zero-order valence-electron chi connectivity index (χ0n) is 1.75. The first-order valence-corrected chi connectivity index (χ1v) is 0.400.